The van der Waals surface area contributed by atoms with Crippen LogP contribution in [0.3, 0.4) is 0 Å². The van der Waals surface area contributed by atoms with Crippen molar-refractivity contribution in [3.8, 4) is 0 Å². The first-order valence-corrected chi connectivity index (χ1v) is 4.72. The molecule has 0 unspecified atom stereocenters. The molecule has 0 bridgehead atoms. The fourth-order valence-corrected chi connectivity index (χ4v) is 1.31. The van der Waals surface area contributed by atoms with Gasteiger partial charge in [-0.1, -0.05) is 0 Å². The topological polar surface area (TPSA) is 58.6 Å². The summed E-state index contributed by atoms with van der Waals surface area (Å²) in [5.74, 6) is -0.893. The van der Waals surface area contributed by atoms with Gasteiger partial charge < -0.3 is 15.2 Å². The Morgan fingerprint density at radius 1 is 1.53 bits per heavy atom. The Hall–Kier alpha value is -1.55. The lowest BCUT2D eigenvalue weighted by molar-refractivity contribution is 0.0696. The number of methoxy groups -OCH3 is 1. The van der Waals surface area contributed by atoms with E-state index in [2.05, 4.69) is 5.32 Å². The van der Waals surface area contributed by atoms with Gasteiger partial charge in [-0.15, -0.1) is 0 Å². The van der Waals surface area contributed by atoms with Gasteiger partial charge in [0.25, 0.3) is 0 Å². The lowest BCUT2D eigenvalue weighted by Gasteiger charge is -2.07. The number of hydrogen-bond donors (Lipinski definition) is 2. The van der Waals surface area contributed by atoms with E-state index in [0.717, 1.165) is 11.3 Å². The molecular formula is C11H15NO3. The number of aromatic carboxylic acids is 1. The maximum absolute atomic E-state index is 10.8. The summed E-state index contributed by atoms with van der Waals surface area (Å²) >= 11 is 0. The summed E-state index contributed by atoms with van der Waals surface area (Å²) in [5, 5.41) is 12.0. The molecular weight excluding hydrogens is 194 g/mol. The maximum Gasteiger partial charge on any atom is 0.335 e. The van der Waals surface area contributed by atoms with Crippen LogP contribution >= 0.6 is 0 Å². The summed E-state index contributed by atoms with van der Waals surface area (Å²) in [5.41, 5.74) is 2.01. The van der Waals surface area contributed by atoms with Gasteiger partial charge in [-0.25, -0.2) is 4.79 Å². The molecule has 0 amide bonds. The second-order valence-electron chi connectivity index (χ2n) is 3.25. The van der Waals surface area contributed by atoms with Crippen molar-refractivity contribution in [3.05, 3.63) is 29.3 Å². The summed E-state index contributed by atoms with van der Waals surface area (Å²) in [7, 11) is 1.64. The fourth-order valence-electron chi connectivity index (χ4n) is 1.31. The Morgan fingerprint density at radius 2 is 2.27 bits per heavy atom. The summed E-state index contributed by atoms with van der Waals surface area (Å²) in [6.07, 6.45) is 0. The highest BCUT2D eigenvalue weighted by Crippen LogP contribution is 2.14. The van der Waals surface area contributed by atoms with Crippen molar-refractivity contribution in [2.75, 3.05) is 25.6 Å². The van der Waals surface area contributed by atoms with Crippen LogP contribution in [-0.2, 0) is 4.74 Å². The van der Waals surface area contributed by atoms with Crippen LogP contribution in [0.5, 0.6) is 0 Å². The first-order valence-electron chi connectivity index (χ1n) is 4.72. The molecule has 4 heteroatoms. The monoisotopic (exact) mass is 209 g/mol. The molecule has 0 fully saturated rings. The first-order chi connectivity index (χ1) is 7.15. The number of nitrogens with one attached hydrogen (secondary N) is 1. The maximum atomic E-state index is 10.8. The molecule has 0 aliphatic heterocycles. The van der Waals surface area contributed by atoms with Crippen LogP contribution in [0.1, 0.15) is 15.9 Å². The van der Waals surface area contributed by atoms with Crippen molar-refractivity contribution >= 4 is 11.7 Å². The van der Waals surface area contributed by atoms with Crippen LogP contribution in [-0.4, -0.2) is 31.3 Å². The lowest BCUT2D eigenvalue weighted by Crippen LogP contribution is -2.08. The van der Waals surface area contributed by atoms with Gasteiger partial charge in [0, 0.05) is 19.3 Å². The Kier molecular flexibility index (Phi) is 4.12. The highest BCUT2D eigenvalue weighted by Gasteiger charge is 2.06. The summed E-state index contributed by atoms with van der Waals surface area (Å²) < 4.78 is 4.90. The van der Waals surface area contributed by atoms with E-state index >= 15 is 0 Å². The van der Waals surface area contributed by atoms with E-state index in [1.807, 2.05) is 6.07 Å². The van der Waals surface area contributed by atoms with Gasteiger partial charge in [0.1, 0.15) is 0 Å². The number of aryl methyl sites for hydroxylation is 1. The highest BCUT2D eigenvalue weighted by atomic mass is 16.5. The normalized spacial score (nSPS) is 10.0. The first kappa shape index (κ1) is 11.5. The summed E-state index contributed by atoms with van der Waals surface area (Å²) in [6, 6.07) is 5.18. The number of rotatable bonds is 5. The Labute approximate surface area is 88.9 Å². The number of benzene rings is 1. The van der Waals surface area contributed by atoms with Crippen molar-refractivity contribution in [2.24, 2.45) is 0 Å². The third-order valence-corrected chi connectivity index (χ3v) is 2.09. The Bertz CT molecular complexity index is 350. The molecule has 2 N–H and O–H groups in total. The third-order valence-electron chi connectivity index (χ3n) is 2.09. The van der Waals surface area contributed by atoms with Gasteiger partial charge in [-0.05, 0) is 30.7 Å². The number of anilines is 1. The summed E-state index contributed by atoms with van der Waals surface area (Å²) in [6.45, 7) is 3.12. The minimum absolute atomic E-state index is 0.340. The zero-order chi connectivity index (χ0) is 11.3. The molecule has 0 heterocycles. The van der Waals surface area contributed by atoms with Gasteiger partial charge in [-0.2, -0.15) is 0 Å². The van der Waals surface area contributed by atoms with E-state index in [1.54, 1.807) is 26.2 Å². The standard InChI is InChI=1S/C11H15NO3/c1-8-7-9(12-5-6-15-2)3-4-10(8)11(13)14/h3-4,7,12H,5-6H2,1-2H3,(H,13,14). The largest absolute Gasteiger partial charge is 0.478 e. The summed E-state index contributed by atoms with van der Waals surface area (Å²) in [4.78, 5) is 10.8. The van der Waals surface area contributed by atoms with Gasteiger partial charge in [0.05, 0.1) is 12.2 Å². The SMILES string of the molecule is COCCNc1ccc(C(=O)O)c(C)c1. The second kappa shape index (κ2) is 5.36. The quantitative estimate of drug-likeness (QED) is 0.725. The van der Waals surface area contributed by atoms with E-state index in [-0.39, 0.29) is 0 Å². The molecule has 1 aromatic carbocycles. The average molecular weight is 209 g/mol. The molecule has 0 aliphatic carbocycles. The number of carbonyl (C=O) groups is 1. The van der Waals surface area contributed by atoms with Gasteiger partial charge in [0.15, 0.2) is 0 Å². The Morgan fingerprint density at radius 3 is 2.80 bits per heavy atom. The smallest absolute Gasteiger partial charge is 0.335 e. The molecule has 4 nitrogen and oxygen atoms in total. The number of carboxylic acids is 1. The predicted molar refractivity (Wildman–Crippen MR) is 58.5 cm³/mol. The van der Waals surface area contributed by atoms with Gasteiger partial charge in [0.2, 0.25) is 0 Å². The highest BCUT2D eigenvalue weighted by molar-refractivity contribution is 5.89. The minimum atomic E-state index is -0.893. The zero-order valence-electron chi connectivity index (χ0n) is 8.91. The minimum Gasteiger partial charge on any atom is -0.478 e. The van der Waals surface area contributed by atoms with Gasteiger partial charge in [-0.3, -0.25) is 0 Å². The van der Waals surface area contributed by atoms with Crippen molar-refractivity contribution in [1.82, 2.24) is 0 Å². The predicted octanol–water partition coefficient (Wildman–Crippen LogP) is 1.75. The molecule has 1 aromatic rings. The fraction of sp³-hybridized carbons (Fsp3) is 0.364. The zero-order valence-corrected chi connectivity index (χ0v) is 8.91. The van der Waals surface area contributed by atoms with Crippen molar-refractivity contribution in [1.29, 1.82) is 0 Å². The molecule has 0 spiro atoms. The third kappa shape index (κ3) is 3.25. The molecule has 0 saturated carbocycles. The van der Waals surface area contributed by atoms with Crippen molar-refractivity contribution < 1.29 is 14.6 Å². The Balaban J connectivity index is 2.69. The van der Waals surface area contributed by atoms with E-state index in [1.165, 1.54) is 0 Å². The van der Waals surface area contributed by atoms with Crippen LogP contribution in [0.4, 0.5) is 5.69 Å². The molecule has 0 atom stereocenters. The van der Waals surface area contributed by atoms with Crippen LogP contribution < -0.4 is 5.32 Å². The number of carboxylic acid groups (broad SMARTS) is 1. The number of hydrogen-bond acceptors (Lipinski definition) is 3. The molecule has 0 radical (unpaired) electrons. The molecule has 82 valence electrons. The molecule has 0 aromatic heterocycles. The van der Waals surface area contributed by atoms with Gasteiger partial charge >= 0.3 is 5.97 Å². The van der Waals surface area contributed by atoms with E-state index in [4.69, 9.17) is 9.84 Å². The molecule has 1 rings (SSSR count). The van der Waals surface area contributed by atoms with Crippen LogP contribution in [0.25, 0.3) is 0 Å². The molecule has 0 aliphatic rings. The van der Waals surface area contributed by atoms with Crippen LogP contribution in [0, 0.1) is 6.92 Å². The van der Waals surface area contributed by atoms with Crippen LogP contribution in [0.15, 0.2) is 18.2 Å². The van der Waals surface area contributed by atoms with E-state index in [0.29, 0.717) is 18.7 Å². The molecule has 15 heavy (non-hydrogen) atoms. The number of ether oxygens (including phenoxy) is 1. The van der Waals surface area contributed by atoms with Crippen molar-refractivity contribution in [3.63, 3.8) is 0 Å². The lowest BCUT2D eigenvalue weighted by atomic mass is 10.1. The average Bonchev–Trinajstić information content (AvgIpc) is 2.17. The van der Waals surface area contributed by atoms with Crippen molar-refractivity contribution in [2.45, 2.75) is 6.92 Å². The van der Waals surface area contributed by atoms with E-state index in [9.17, 15) is 4.79 Å². The van der Waals surface area contributed by atoms with E-state index < -0.39 is 5.97 Å². The second-order valence-corrected chi connectivity index (χ2v) is 3.25. The molecule has 0 saturated heterocycles. The van der Waals surface area contributed by atoms with Crippen LogP contribution in [0.2, 0.25) is 0 Å².